The Labute approximate surface area is 151 Å². The highest BCUT2D eigenvalue weighted by molar-refractivity contribution is 6.01. The SMILES string of the molecule is CCNC(=NCCN1C(=O)CNC1=O)NC(C)C(C)C1CCCCC1. The predicted molar refractivity (Wildman–Crippen MR) is 99.4 cm³/mol. The van der Waals surface area contributed by atoms with Crippen LogP contribution in [-0.4, -0.2) is 55.0 Å². The van der Waals surface area contributed by atoms with Crippen molar-refractivity contribution in [1.29, 1.82) is 0 Å². The molecule has 1 saturated heterocycles. The van der Waals surface area contributed by atoms with Gasteiger partial charge in [-0.15, -0.1) is 0 Å². The first-order chi connectivity index (χ1) is 12.0. The quantitative estimate of drug-likeness (QED) is 0.370. The number of urea groups is 1. The summed E-state index contributed by atoms with van der Waals surface area (Å²) in [4.78, 5) is 28.9. The lowest BCUT2D eigenvalue weighted by atomic mass is 9.78. The second-order valence-corrected chi connectivity index (χ2v) is 7.15. The Hall–Kier alpha value is -1.79. The van der Waals surface area contributed by atoms with E-state index in [-0.39, 0.29) is 18.5 Å². The van der Waals surface area contributed by atoms with Gasteiger partial charge in [-0.05, 0) is 25.7 Å². The second-order valence-electron chi connectivity index (χ2n) is 7.15. The zero-order valence-corrected chi connectivity index (χ0v) is 15.8. The van der Waals surface area contributed by atoms with Crippen molar-refractivity contribution in [3.05, 3.63) is 0 Å². The fraction of sp³-hybridized carbons (Fsp3) is 0.833. The van der Waals surface area contributed by atoms with Gasteiger partial charge in [0.25, 0.3) is 0 Å². The van der Waals surface area contributed by atoms with E-state index in [0.717, 1.165) is 18.4 Å². The maximum atomic E-state index is 11.6. The van der Waals surface area contributed by atoms with Crippen molar-refractivity contribution < 1.29 is 9.59 Å². The standard InChI is InChI=1S/C18H33N5O2/c1-4-19-17(20-10-11-23-16(24)12-21-18(23)25)22-14(3)13(2)15-8-6-5-7-9-15/h13-15H,4-12H2,1-3H3,(H,21,25)(H2,19,20,22). The van der Waals surface area contributed by atoms with Crippen LogP contribution in [-0.2, 0) is 4.79 Å². The van der Waals surface area contributed by atoms with Gasteiger partial charge in [0, 0.05) is 12.6 Å². The third kappa shape index (κ3) is 5.61. The van der Waals surface area contributed by atoms with E-state index in [1.807, 2.05) is 6.92 Å². The Morgan fingerprint density at radius 1 is 1.28 bits per heavy atom. The van der Waals surface area contributed by atoms with Gasteiger partial charge in [-0.25, -0.2) is 4.79 Å². The topological polar surface area (TPSA) is 85.8 Å². The van der Waals surface area contributed by atoms with Gasteiger partial charge in [-0.2, -0.15) is 0 Å². The van der Waals surface area contributed by atoms with Crippen molar-refractivity contribution >= 4 is 17.9 Å². The number of amides is 3. The van der Waals surface area contributed by atoms with Gasteiger partial charge in [0.05, 0.1) is 19.6 Å². The van der Waals surface area contributed by atoms with Gasteiger partial charge >= 0.3 is 6.03 Å². The summed E-state index contributed by atoms with van der Waals surface area (Å²) in [5.41, 5.74) is 0. The van der Waals surface area contributed by atoms with Crippen LogP contribution in [0.5, 0.6) is 0 Å². The van der Waals surface area contributed by atoms with Gasteiger partial charge < -0.3 is 16.0 Å². The Morgan fingerprint density at radius 3 is 2.60 bits per heavy atom. The van der Waals surface area contributed by atoms with Gasteiger partial charge in [0.1, 0.15) is 0 Å². The summed E-state index contributed by atoms with van der Waals surface area (Å²) in [6, 6.07) is 0.00932. The Morgan fingerprint density at radius 2 is 2.00 bits per heavy atom. The molecule has 2 rings (SSSR count). The molecule has 2 unspecified atom stereocenters. The van der Waals surface area contributed by atoms with Crippen molar-refractivity contribution in [3.63, 3.8) is 0 Å². The predicted octanol–water partition coefficient (Wildman–Crippen LogP) is 1.70. The second kappa shape index (κ2) is 9.63. The monoisotopic (exact) mass is 351 g/mol. The Bertz CT molecular complexity index is 472. The number of carbonyl (C=O) groups is 2. The third-order valence-electron chi connectivity index (χ3n) is 5.42. The van der Waals surface area contributed by atoms with Crippen molar-refractivity contribution in [1.82, 2.24) is 20.9 Å². The summed E-state index contributed by atoms with van der Waals surface area (Å²) in [6.45, 7) is 8.15. The molecule has 142 valence electrons. The molecule has 0 aromatic heterocycles. The maximum absolute atomic E-state index is 11.6. The fourth-order valence-corrected chi connectivity index (χ4v) is 3.68. The van der Waals surface area contributed by atoms with E-state index in [4.69, 9.17) is 0 Å². The number of nitrogens with zero attached hydrogens (tertiary/aromatic N) is 2. The molecule has 1 heterocycles. The number of hydrogen-bond acceptors (Lipinski definition) is 3. The van der Waals surface area contributed by atoms with E-state index in [1.165, 1.54) is 37.0 Å². The molecule has 0 radical (unpaired) electrons. The van der Waals surface area contributed by atoms with E-state index < -0.39 is 0 Å². The molecule has 25 heavy (non-hydrogen) atoms. The number of guanidine groups is 1. The fourth-order valence-electron chi connectivity index (χ4n) is 3.68. The normalized spacial score (nSPS) is 21.9. The van der Waals surface area contributed by atoms with Crippen LogP contribution >= 0.6 is 0 Å². The summed E-state index contributed by atoms with van der Waals surface area (Å²) < 4.78 is 0. The summed E-state index contributed by atoms with van der Waals surface area (Å²) in [6.07, 6.45) is 6.72. The lowest BCUT2D eigenvalue weighted by Crippen LogP contribution is -2.46. The van der Waals surface area contributed by atoms with Crippen LogP contribution in [0, 0.1) is 11.8 Å². The number of aliphatic imine (C=N–C) groups is 1. The van der Waals surface area contributed by atoms with Crippen molar-refractivity contribution in [2.24, 2.45) is 16.8 Å². The number of hydrogen-bond donors (Lipinski definition) is 3. The minimum absolute atomic E-state index is 0.0940. The Balaban J connectivity index is 1.85. The lowest BCUT2D eigenvalue weighted by molar-refractivity contribution is -0.124. The molecule has 7 heteroatoms. The molecule has 0 aromatic carbocycles. The molecule has 1 saturated carbocycles. The molecule has 3 N–H and O–H groups in total. The molecule has 0 spiro atoms. The molecule has 7 nitrogen and oxygen atoms in total. The van der Waals surface area contributed by atoms with E-state index >= 15 is 0 Å². The highest BCUT2D eigenvalue weighted by Gasteiger charge is 2.28. The average Bonchev–Trinajstić information content (AvgIpc) is 2.93. The molecule has 2 atom stereocenters. The first-order valence-electron chi connectivity index (χ1n) is 9.66. The number of rotatable bonds is 7. The molecule has 3 amide bonds. The van der Waals surface area contributed by atoms with Crippen LogP contribution in [0.15, 0.2) is 4.99 Å². The van der Waals surface area contributed by atoms with Crippen molar-refractivity contribution in [2.75, 3.05) is 26.2 Å². The summed E-state index contributed by atoms with van der Waals surface area (Å²) in [5.74, 6) is 1.95. The summed E-state index contributed by atoms with van der Waals surface area (Å²) in [7, 11) is 0. The van der Waals surface area contributed by atoms with E-state index in [9.17, 15) is 9.59 Å². The maximum Gasteiger partial charge on any atom is 0.324 e. The van der Waals surface area contributed by atoms with Crippen LogP contribution < -0.4 is 16.0 Å². The molecule has 1 aliphatic heterocycles. The molecule has 0 bridgehead atoms. The molecular formula is C18H33N5O2. The lowest BCUT2D eigenvalue weighted by Gasteiger charge is -2.33. The van der Waals surface area contributed by atoms with Crippen molar-refractivity contribution in [2.45, 2.75) is 58.9 Å². The van der Waals surface area contributed by atoms with Gasteiger partial charge in [-0.1, -0.05) is 39.0 Å². The van der Waals surface area contributed by atoms with Crippen LogP contribution in [0.4, 0.5) is 4.79 Å². The molecule has 0 aromatic rings. The molecule has 1 aliphatic carbocycles. The zero-order valence-electron chi connectivity index (χ0n) is 15.8. The van der Waals surface area contributed by atoms with E-state index in [0.29, 0.717) is 25.0 Å². The van der Waals surface area contributed by atoms with Crippen LogP contribution in [0.3, 0.4) is 0 Å². The van der Waals surface area contributed by atoms with Crippen LogP contribution in [0.1, 0.15) is 52.9 Å². The van der Waals surface area contributed by atoms with Crippen LogP contribution in [0.25, 0.3) is 0 Å². The molecule has 2 fully saturated rings. The number of imide groups is 1. The first-order valence-corrected chi connectivity index (χ1v) is 9.66. The van der Waals surface area contributed by atoms with E-state index in [1.54, 1.807) is 0 Å². The minimum atomic E-state index is -0.322. The molecular weight excluding hydrogens is 318 g/mol. The number of nitrogens with one attached hydrogen (secondary N) is 3. The van der Waals surface area contributed by atoms with Gasteiger partial charge in [0.2, 0.25) is 5.91 Å². The van der Waals surface area contributed by atoms with Crippen LogP contribution in [0.2, 0.25) is 0 Å². The third-order valence-corrected chi connectivity index (χ3v) is 5.42. The zero-order chi connectivity index (χ0) is 18.2. The minimum Gasteiger partial charge on any atom is -0.357 e. The summed E-state index contributed by atoms with van der Waals surface area (Å²) >= 11 is 0. The largest absolute Gasteiger partial charge is 0.357 e. The number of carbonyl (C=O) groups excluding carboxylic acids is 2. The smallest absolute Gasteiger partial charge is 0.324 e. The highest BCUT2D eigenvalue weighted by atomic mass is 16.2. The Kier molecular flexibility index (Phi) is 7.52. The summed E-state index contributed by atoms with van der Waals surface area (Å²) in [5, 5.41) is 9.28. The van der Waals surface area contributed by atoms with Gasteiger partial charge in [-0.3, -0.25) is 14.7 Å². The molecule has 2 aliphatic rings. The average molecular weight is 351 g/mol. The first kappa shape index (κ1) is 19.5. The van der Waals surface area contributed by atoms with Crippen molar-refractivity contribution in [3.8, 4) is 0 Å². The van der Waals surface area contributed by atoms with Gasteiger partial charge in [0.15, 0.2) is 5.96 Å². The highest BCUT2D eigenvalue weighted by Crippen LogP contribution is 2.31. The van der Waals surface area contributed by atoms with E-state index in [2.05, 4.69) is 34.8 Å².